The summed E-state index contributed by atoms with van der Waals surface area (Å²) in [6, 6.07) is 6.68. The molecule has 5 nitrogen and oxygen atoms in total. The van der Waals surface area contributed by atoms with Gasteiger partial charge in [-0.05, 0) is 13.0 Å². The Bertz CT molecular complexity index is 563. The third kappa shape index (κ3) is 4.06. The maximum absolute atomic E-state index is 5.87. The lowest BCUT2D eigenvalue weighted by atomic mass is 10.1. The van der Waals surface area contributed by atoms with Gasteiger partial charge in [0.25, 0.3) is 0 Å². The van der Waals surface area contributed by atoms with Crippen LogP contribution in [0.25, 0.3) is 0 Å². The van der Waals surface area contributed by atoms with Crippen LogP contribution in [-0.4, -0.2) is 21.0 Å². The van der Waals surface area contributed by atoms with Crippen LogP contribution >= 0.6 is 0 Å². The maximum atomic E-state index is 5.87. The van der Waals surface area contributed by atoms with Gasteiger partial charge in [-0.25, -0.2) is 0 Å². The zero-order valence-electron chi connectivity index (χ0n) is 12.6. The molecule has 0 saturated carbocycles. The van der Waals surface area contributed by atoms with Gasteiger partial charge in [0.05, 0.1) is 6.20 Å². The third-order valence-electron chi connectivity index (χ3n) is 2.94. The number of nitrogens with one attached hydrogen (secondary N) is 1. The van der Waals surface area contributed by atoms with E-state index in [0.717, 1.165) is 18.0 Å². The predicted molar refractivity (Wildman–Crippen MR) is 78.5 cm³/mol. The van der Waals surface area contributed by atoms with Gasteiger partial charge in [0.1, 0.15) is 18.1 Å². The first-order valence-electron chi connectivity index (χ1n) is 6.85. The molecule has 0 radical (unpaired) electrons. The molecule has 1 heterocycles. The molecule has 0 aliphatic carbocycles. The molecule has 0 bridgehead atoms. The number of hydrogen-bond donors (Lipinski definition) is 1. The van der Waals surface area contributed by atoms with Crippen molar-refractivity contribution in [2.45, 2.75) is 40.0 Å². The first-order valence-corrected chi connectivity index (χ1v) is 6.85. The van der Waals surface area contributed by atoms with Crippen LogP contribution in [-0.2, 0) is 20.2 Å². The van der Waals surface area contributed by atoms with Gasteiger partial charge in [-0.2, -0.15) is 0 Å². The van der Waals surface area contributed by atoms with Crippen LogP contribution in [0.15, 0.2) is 24.4 Å². The number of rotatable bonds is 6. The second kappa shape index (κ2) is 6.52. The maximum Gasteiger partial charge on any atom is 0.134 e. The van der Waals surface area contributed by atoms with E-state index in [9.17, 15) is 0 Å². The van der Waals surface area contributed by atoms with Crippen molar-refractivity contribution in [3.63, 3.8) is 0 Å². The predicted octanol–water partition coefficient (Wildman–Crippen LogP) is 2.20. The molecule has 0 unspecified atom stereocenters. The van der Waals surface area contributed by atoms with Crippen LogP contribution in [0.1, 0.15) is 30.7 Å². The van der Waals surface area contributed by atoms with Gasteiger partial charge in [-0.15, -0.1) is 5.10 Å². The largest absolute Gasteiger partial charge is 0.487 e. The van der Waals surface area contributed by atoms with E-state index in [1.807, 2.05) is 19.3 Å². The summed E-state index contributed by atoms with van der Waals surface area (Å²) in [7, 11) is 1.85. The minimum atomic E-state index is 0.436. The Morgan fingerprint density at radius 2 is 2.15 bits per heavy atom. The lowest BCUT2D eigenvalue weighted by molar-refractivity contribution is 0.296. The number of ether oxygens (including phenoxy) is 1. The normalized spacial score (nSPS) is 11.1. The number of aromatic nitrogens is 3. The fraction of sp³-hybridized carbons (Fsp3) is 0.467. The number of benzene rings is 1. The Kier molecular flexibility index (Phi) is 4.74. The van der Waals surface area contributed by atoms with Crippen molar-refractivity contribution in [1.82, 2.24) is 20.3 Å². The van der Waals surface area contributed by atoms with Gasteiger partial charge in [-0.3, -0.25) is 4.68 Å². The van der Waals surface area contributed by atoms with E-state index in [4.69, 9.17) is 4.74 Å². The fourth-order valence-corrected chi connectivity index (χ4v) is 1.91. The Hall–Kier alpha value is -1.88. The topological polar surface area (TPSA) is 52.0 Å². The highest BCUT2D eigenvalue weighted by Gasteiger charge is 2.07. The first kappa shape index (κ1) is 14.5. The average Bonchev–Trinajstić information content (AvgIpc) is 2.81. The van der Waals surface area contributed by atoms with E-state index in [1.54, 1.807) is 4.68 Å². The average molecular weight is 274 g/mol. The van der Waals surface area contributed by atoms with Crippen LogP contribution in [0.3, 0.4) is 0 Å². The molecule has 0 amide bonds. The summed E-state index contributed by atoms with van der Waals surface area (Å²) in [5.74, 6) is 0.898. The number of aryl methyl sites for hydroxylation is 2. The van der Waals surface area contributed by atoms with Gasteiger partial charge in [-0.1, -0.05) is 36.8 Å². The molecule has 0 spiro atoms. The molecular formula is C15H22N4O. The lowest BCUT2D eigenvalue weighted by Crippen LogP contribution is -2.22. The fourth-order valence-electron chi connectivity index (χ4n) is 1.91. The molecule has 0 fully saturated rings. The molecule has 0 aliphatic rings. The Balaban J connectivity index is 2.05. The molecule has 2 aromatic rings. The second-order valence-electron chi connectivity index (χ2n) is 5.32. The van der Waals surface area contributed by atoms with Gasteiger partial charge in [0, 0.05) is 25.2 Å². The van der Waals surface area contributed by atoms with Gasteiger partial charge >= 0.3 is 0 Å². The molecule has 1 N–H and O–H groups in total. The highest BCUT2D eigenvalue weighted by molar-refractivity contribution is 5.37. The molecule has 5 heteroatoms. The molecule has 0 saturated heterocycles. The van der Waals surface area contributed by atoms with Crippen molar-refractivity contribution in [1.29, 1.82) is 0 Å². The summed E-state index contributed by atoms with van der Waals surface area (Å²) in [5.41, 5.74) is 3.23. The number of hydrogen-bond acceptors (Lipinski definition) is 4. The molecule has 2 rings (SSSR count). The van der Waals surface area contributed by atoms with Crippen LogP contribution in [0.4, 0.5) is 0 Å². The molecule has 20 heavy (non-hydrogen) atoms. The Morgan fingerprint density at radius 1 is 1.35 bits per heavy atom. The summed E-state index contributed by atoms with van der Waals surface area (Å²) in [5, 5.41) is 11.3. The monoisotopic (exact) mass is 274 g/mol. The first-order chi connectivity index (χ1) is 9.54. The van der Waals surface area contributed by atoms with Crippen LogP contribution in [0.2, 0.25) is 0 Å². The SMILES string of the molecule is Cc1ccc(OCc2cn(C)nn2)c(CNC(C)C)c1. The second-order valence-corrected chi connectivity index (χ2v) is 5.32. The van der Waals surface area contributed by atoms with Crippen molar-refractivity contribution in [2.75, 3.05) is 0 Å². The van der Waals surface area contributed by atoms with E-state index < -0.39 is 0 Å². The summed E-state index contributed by atoms with van der Waals surface area (Å²) >= 11 is 0. The van der Waals surface area contributed by atoms with Crippen LogP contribution in [0.5, 0.6) is 5.75 Å². The van der Waals surface area contributed by atoms with Gasteiger partial charge in [0.2, 0.25) is 0 Å². The third-order valence-corrected chi connectivity index (χ3v) is 2.94. The molecule has 1 aromatic carbocycles. The minimum Gasteiger partial charge on any atom is -0.487 e. The minimum absolute atomic E-state index is 0.436. The summed E-state index contributed by atoms with van der Waals surface area (Å²) in [6.07, 6.45) is 1.86. The number of nitrogens with zero attached hydrogens (tertiary/aromatic N) is 3. The summed E-state index contributed by atoms with van der Waals surface area (Å²) < 4.78 is 7.54. The standard InChI is InChI=1S/C15H22N4O/c1-11(2)16-8-13-7-12(3)5-6-15(13)20-10-14-9-19(4)18-17-14/h5-7,9,11,16H,8,10H2,1-4H3. The van der Waals surface area contributed by atoms with Crippen molar-refractivity contribution >= 4 is 0 Å². The van der Waals surface area contributed by atoms with E-state index in [2.05, 4.69) is 48.5 Å². The molecule has 0 aliphatic heterocycles. The highest BCUT2D eigenvalue weighted by atomic mass is 16.5. The Labute approximate surface area is 120 Å². The quantitative estimate of drug-likeness (QED) is 0.877. The highest BCUT2D eigenvalue weighted by Crippen LogP contribution is 2.21. The van der Waals surface area contributed by atoms with E-state index in [-0.39, 0.29) is 0 Å². The van der Waals surface area contributed by atoms with Crippen molar-refractivity contribution in [3.8, 4) is 5.75 Å². The molecule has 108 valence electrons. The van der Waals surface area contributed by atoms with Crippen LogP contribution < -0.4 is 10.1 Å². The van der Waals surface area contributed by atoms with Crippen LogP contribution in [0, 0.1) is 6.92 Å². The Morgan fingerprint density at radius 3 is 2.80 bits per heavy atom. The zero-order chi connectivity index (χ0) is 14.5. The molecule has 0 atom stereocenters. The van der Waals surface area contributed by atoms with Crippen molar-refractivity contribution in [3.05, 3.63) is 41.2 Å². The molecular weight excluding hydrogens is 252 g/mol. The van der Waals surface area contributed by atoms with Crippen molar-refractivity contribution < 1.29 is 4.74 Å². The smallest absolute Gasteiger partial charge is 0.134 e. The molecule has 1 aromatic heterocycles. The summed E-state index contributed by atoms with van der Waals surface area (Å²) in [6.45, 7) is 7.60. The van der Waals surface area contributed by atoms with E-state index >= 15 is 0 Å². The van der Waals surface area contributed by atoms with E-state index in [1.165, 1.54) is 11.1 Å². The van der Waals surface area contributed by atoms with Gasteiger partial charge < -0.3 is 10.1 Å². The van der Waals surface area contributed by atoms with Gasteiger partial charge in [0.15, 0.2) is 0 Å². The summed E-state index contributed by atoms with van der Waals surface area (Å²) in [4.78, 5) is 0. The lowest BCUT2D eigenvalue weighted by Gasteiger charge is -2.14. The van der Waals surface area contributed by atoms with Crippen molar-refractivity contribution in [2.24, 2.45) is 7.05 Å². The van der Waals surface area contributed by atoms with E-state index in [0.29, 0.717) is 12.6 Å². The zero-order valence-corrected chi connectivity index (χ0v) is 12.6.